The molecule has 0 fully saturated rings. The van der Waals surface area contributed by atoms with Crippen molar-refractivity contribution >= 4 is 0 Å². The second kappa shape index (κ2) is 6.04. The average molecular weight is 258 g/mol. The lowest BCUT2D eigenvalue weighted by molar-refractivity contribution is 0.196. The first kappa shape index (κ1) is 13.8. The van der Waals surface area contributed by atoms with Gasteiger partial charge in [-0.25, -0.2) is 0 Å². The fourth-order valence-electron chi connectivity index (χ4n) is 2.56. The van der Waals surface area contributed by atoms with Crippen LogP contribution in [0.15, 0.2) is 47.1 Å². The predicted octanol–water partition coefficient (Wildman–Crippen LogP) is 3.11. The average Bonchev–Trinajstić information content (AvgIpc) is 2.81. The second-order valence-electron chi connectivity index (χ2n) is 5.21. The van der Waals surface area contributed by atoms with Crippen LogP contribution in [0.1, 0.15) is 29.9 Å². The molecule has 0 aliphatic heterocycles. The number of aryl methyl sites for hydroxylation is 1. The van der Waals surface area contributed by atoms with Crippen LogP contribution < -0.4 is 5.73 Å². The Morgan fingerprint density at radius 2 is 2.05 bits per heavy atom. The highest BCUT2D eigenvalue weighted by Gasteiger charge is 2.21. The van der Waals surface area contributed by atoms with E-state index in [2.05, 4.69) is 43.1 Å². The van der Waals surface area contributed by atoms with Crippen LogP contribution in [-0.2, 0) is 6.54 Å². The zero-order chi connectivity index (χ0) is 13.8. The number of nitrogens with zero attached hydrogens (tertiary/aromatic N) is 1. The maximum atomic E-state index is 6.18. The topological polar surface area (TPSA) is 42.4 Å². The zero-order valence-electron chi connectivity index (χ0n) is 11.8. The summed E-state index contributed by atoms with van der Waals surface area (Å²) in [6.45, 7) is 4.91. The third kappa shape index (κ3) is 3.46. The Bertz CT molecular complexity index is 505. The maximum absolute atomic E-state index is 6.18. The van der Waals surface area contributed by atoms with Crippen molar-refractivity contribution in [3.63, 3.8) is 0 Å². The number of nitrogens with two attached hydrogens (primary N) is 1. The molecule has 0 saturated heterocycles. The Hall–Kier alpha value is -1.58. The summed E-state index contributed by atoms with van der Waals surface area (Å²) < 4.78 is 5.41. The number of likely N-dealkylation sites (N-methyl/N-ethyl adjacent to an activating group) is 1. The largest absolute Gasteiger partial charge is 0.468 e. The van der Waals surface area contributed by atoms with E-state index < -0.39 is 0 Å². The predicted molar refractivity (Wildman–Crippen MR) is 77.7 cm³/mol. The van der Waals surface area contributed by atoms with Crippen LogP contribution in [0, 0.1) is 6.92 Å². The summed E-state index contributed by atoms with van der Waals surface area (Å²) in [4.78, 5) is 2.23. The van der Waals surface area contributed by atoms with Crippen LogP contribution in [0.4, 0.5) is 0 Å². The SMILES string of the molecule is Cc1cccc(C(C(C)N)N(C)Cc2ccco2)c1. The molecule has 0 spiro atoms. The van der Waals surface area contributed by atoms with Crippen molar-refractivity contribution in [2.75, 3.05) is 7.05 Å². The molecular formula is C16H22N2O. The van der Waals surface area contributed by atoms with Crippen LogP contribution in [0.25, 0.3) is 0 Å². The van der Waals surface area contributed by atoms with E-state index >= 15 is 0 Å². The van der Waals surface area contributed by atoms with Crippen LogP contribution in [-0.4, -0.2) is 18.0 Å². The van der Waals surface area contributed by atoms with E-state index in [0.29, 0.717) is 0 Å². The standard InChI is InChI=1S/C16H22N2O/c1-12-6-4-7-14(10-12)16(13(2)17)18(3)11-15-8-5-9-19-15/h4-10,13,16H,11,17H2,1-3H3. The van der Waals surface area contributed by atoms with E-state index in [1.165, 1.54) is 11.1 Å². The van der Waals surface area contributed by atoms with Crippen molar-refractivity contribution in [2.45, 2.75) is 32.5 Å². The van der Waals surface area contributed by atoms with E-state index in [1.54, 1.807) is 6.26 Å². The molecule has 0 radical (unpaired) electrons. The van der Waals surface area contributed by atoms with Gasteiger partial charge < -0.3 is 10.2 Å². The minimum absolute atomic E-state index is 0.0572. The van der Waals surface area contributed by atoms with Crippen molar-refractivity contribution in [1.29, 1.82) is 0 Å². The van der Waals surface area contributed by atoms with Gasteiger partial charge in [-0.1, -0.05) is 29.8 Å². The smallest absolute Gasteiger partial charge is 0.117 e. The fourth-order valence-corrected chi connectivity index (χ4v) is 2.56. The van der Waals surface area contributed by atoms with E-state index in [9.17, 15) is 0 Å². The number of furan rings is 1. The molecule has 3 heteroatoms. The number of hydrogen-bond donors (Lipinski definition) is 1. The quantitative estimate of drug-likeness (QED) is 0.896. The van der Waals surface area contributed by atoms with Crippen molar-refractivity contribution in [3.8, 4) is 0 Å². The van der Waals surface area contributed by atoms with Crippen molar-refractivity contribution in [2.24, 2.45) is 5.73 Å². The van der Waals surface area contributed by atoms with E-state index in [0.717, 1.165) is 12.3 Å². The number of benzene rings is 1. The van der Waals surface area contributed by atoms with Crippen molar-refractivity contribution < 1.29 is 4.42 Å². The monoisotopic (exact) mass is 258 g/mol. The number of rotatable bonds is 5. The molecule has 0 bridgehead atoms. The zero-order valence-corrected chi connectivity index (χ0v) is 11.8. The minimum Gasteiger partial charge on any atom is -0.468 e. The van der Waals surface area contributed by atoms with Crippen LogP contribution in [0.5, 0.6) is 0 Å². The van der Waals surface area contributed by atoms with Crippen LogP contribution in [0.2, 0.25) is 0 Å². The maximum Gasteiger partial charge on any atom is 0.117 e. The van der Waals surface area contributed by atoms with Crippen molar-refractivity contribution in [3.05, 3.63) is 59.5 Å². The first-order chi connectivity index (χ1) is 9.08. The molecule has 102 valence electrons. The molecule has 0 aliphatic rings. The molecule has 1 heterocycles. The molecule has 0 saturated carbocycles. The van der Waals surface area contributed by atoms with Gasteiger partial charge in [-0.3, -0.25) is 4.90 Å². The summed E-state index contributed by atoms with van der Waals surface area (Å²) in [6, 6.07) is 12.7. The molecule has 3 nitrogen and oxygen atoms in total. The third-order valence-corrected chi connectivity index (χ3v) is 3.34. The van der Waals surface area contributed by atoms with E-state index in [-0.39, 0.29) is 12.1 Å². The highest BCUT2D eigenvalue weighted by molar-refractivity contribution is 5.26. The molecular weight excluding hydrogens is 236 g/mol. The third-order valence-electron chi connectivity index (χ3n) is 3.34. The van der Waals surface area contributed by atoms with Gasteiger partial charge in [-0.05, 0) is 38.6 Å². The molecule has 0 amide bonds. The van der Waals surface area contributed by atoms with Crippen LogP contribution >= 0.6 is 0 Å². The first-order valence-corrected chi connectivity index (χ1v) is 6.62. The summed E-state index contributed by atoms with van der Waals surface area (Å²) in [5, 5.41) is 0. The van der Waals surface area contributed by atoms with Gasteiger partial charge >= 0.3 is 0 Å². The van der Waals surface area contributed by atoms with Gasteiger partial charge in [-0.15, -0.1) is 0 Å². The van der Waals surface area contributed by atoms with Gasteiger partial charge in [0.2, 0.25) is 0 Å². The molecule has 1 aromatic carbocycles. The Labute approximate surface area is 115 Å². The Kier molecular flexibility index (Phi) is 4.40. The highest BCUT2D eigenvalue weighted by Crippen LogP contribution is 2.24. The molecule has 2 aromatic rings. The molecule has 2 unspecified atom stereocenters. The van der Waals surface area contributed by atoms with Gasteiger partial charge in [0.15, 0.2) is 0 Å². The Morgan fingerprint density at radius 3 is 2.63 bits per heavy atom. The molecule has 2 N–H and O–H groups in total. The Morgan fingerprint density at radius 1 is 1.26 bits per heavy atom. The molecule has 2 rings (SSSR count). The molecule has 0 aliphatic carbocycles. The minimum atomic E-state index is 0.0572. The first-order valence-electron chi connectivity index (χ1n) is 6.62. The summed E-state index contributed by atoms with van der Waals surface area (Å²) >= 11 is 0. The molecule has 19 heavy (non-hydrogen) atoms. The lowest BCUT2D eigenvalue weighted by Gasteiger charge is -2.31. The van der Waals surface area contributed by atoms with Crippen molar-refractivity contribution in [1.82, 2.24) is 4.90 Å². The van der Waals surface area contributed by atoms with E-state index in [4.69, 9.17) is 10.2 Å². The lowest BCUT2D eigenvalue weighted by atomic mass is 9.98. The summed E-state index contributed by atoms with van der Waals surface area (Å²) in [5.41, 5.74) is 8.69. The fraction of sp³-hybridized carbons (Fsp3) is 0.375. The highest BCUT2D eigenvalue weighted by atomic mass is 16.3. The summed E-state index contributed by atoms with van der Waals surface area (Å²) in [7, 11) is 2.08. The summed E-state index contributed by atoms with van der Waals surface area (Å²) in [5.74, 6) is 0.959. The molecule has 2 atom stereocenters. The van der Waals surface area contributed by atoms with Gasteiger partial charge in [0.25, 0.3) is 0 Å². The van der Waals surface area contributed by atoms with Gasteiger partial charge in [0.1, 0.15) is 5.76 Å². The Balaban J connectivity index is 2.20. The second-order valence-corrected chi connectivity index (χ2v) is 5.21. The van der Waals surface area contributed by atoms with Gasteiger partial charge in [0, 0.05) is 12.1 Å². The van der Waals surface area contributed by atoms with Gasteiger partial charge in [0.05, 0.1) is 12.8 Å². The lowest BCUT2D eigenvalue weighted by Crippen LogP contribution is -2.36. The normalized spacial score (nSPS) is 14.6. The molecule has 1 aromatic heterocycles. The van der Waals surface area contributed by atoms with E-state index in [1.807, 2.05) is 19.1 Å². The van der Waals surface area contributed by atoms with Crippen LogP contribution in [0.3, 0.4) is 0 Å². The summed E-state index contributed by atoms with van der Waals surface area (Å²) in [6.07, 6.45) is 1.71. The van der Waals surface area contributed by atoms with Gasteiger partial charge in [-0.2, -0.15) is 0 Å². The number of hydrogen-bond acceptors (Lipinski definition) is 3.